The standard InChI is InChI=1S/C14H20N2O2S/c1-14(2,3)19(17,18)16-11-13-8-5-4-7-12(13)9-6-10-15/h4-5,7-8,16H,10-11,15H2,1-3H3. The molecule has 0 saturated heterocycles. The molecule has 0 spiro atoms. The number of nitrogens with one attached hydrogen (secondary N) is 1. The van der Waals surface area contributed by atoms with Crippen LogP contribution in [0, 0.1) is 11.8 Å². The molecule has 0 heterocycles. The Labute approximate surface area is 115 Å². The predicted molar refractivity (Wildman–Crippen MR) is 77.9 cm³/mol. The molecule has 0 aliphatic rings. The summed E-state index contributed by atoms with van der Waals surface area (Å²) in [5, 5.41) is 0. The Morgan fingerprint density at radius 2 is 1.89 bits per heavy atom. The minimum Gasteiger partial charge on any atom is -0.320 e. The number of rotatable bonds is 3. The first kappa shape index (κ1) is 15.7. The Morgan fingerprint density at radius 3 is 2.47 bits per heavy atom. The van der Waals surface area contributed by atoms with Crippen LogP contribution in [0.2, 0.25) is 0 Å². The zero-order valence-electron chi connectivity index (χ0n) is 11.5. The van der Waals surface area contributed by atoms with E-state index in [0.717, 1.165) is 11.1 Å². The van der Waals surface area contributed by atoms with Crippen LogP contribution >= 0.6 is 0 Å². The highest BCUT2D eigenvalue weighted by molar-refractivity contribution is 7.90. The van der Waals surface area contributed by atoms with E-state index in [1.807, 2.05) is 24.3 Å². The van der Waals surface area contributed by atoms with E-state index in [-0.39, 0.29) is 13.1 Å². The maximum absolute atomic E-state index is 12.0. The van der Waals surface area contributed by atoms with Crippen molar-refractivity contribution in [3.63, 3.8) is 0 Å². The molecule has 3 N–H and O–H groups in total. The third-order valence-electron chi connectivity index (χ3n) is 2.60. The van der Waals surface area contributed by atoms with Gasteiger partial charge >= 0.3 is 0 Å². The van der Waals surface area contributed by atoms with Gasteiger partial charge in [0.15, 0.2) is 0 Å². The molecule has 1 aromatic rings. The second-order valence-electron chi connectivity index (χ2n) is 5.10. The Morgan fingerprint density at radius 1 is 1.26 bits per heavy atom. The quantitative estimate of drug-likeness (QED) is 0.818. The molecule has 0 aromatic heterocycles. The summed E-state index contributed by atoms with van der Waals surface area (Å²) in [5.74, 6) is 5.71. The third-order valence-corrected chi connectivity index (χ3v) is 4.74. The van der Waals surface area contributed by atoms with E-state index in [4.69, 9.17) is 5.73 Å². The largest absolute Gasteiger partial charge is 0.320 e. The highest BCUT2D eigenvalue weighted by atomic mass is 32.2. The fraction of sp³-hybridized carbons (Fsp3) is 0.429. The van der Waals surface area contributed by atoms with Gasteiger partial charge in [0.2, 0.25) is 10.0 Å². The van der Waals surface area contributed by atoms with E-state index in [2.05, 4.69) is 16.6 Å². The van der Waals surface area contributed by atoms with E-state index in [0.29, 0.717) is 0 Å². The smallest absolute Gasteiger partial charge is 0.216 e. The maximum Gasteiger partial charge on any atom is 0.216 e. The van der Waals surface area contributed by atoms with Crippen LogP contribution in [0.1, 0.15) is 31.9 Å². The molecule has 0 amide bonds. The summed E-state index contributed by atoms with van der Waals surface area (Å²) < 4.78 is 25.7. The molecule has 0 saturated carbocycles. The molecule has 4 nitrogen and oxygen atoms in total. The Hall–Kier alpha value is -1.35. The van der Waals surface area contributed by atoms with E-state index in [1.54, 1.807) is 20.8 Å². The lowest BCUT2D eigenvalue weighted by molar-refractivity contribution is 0.544. The Kier molecular flexibility index (Phi) is 5.12. The number of hydrogen-bond donors (Lipinski definition) is 2. The normalized spacial score (nSPS) is 11.8. The molecule has 19 heavy (non-hydrogen) atoms. The van der Waals surface area contributed by atoms with Crippen LogP contribution in [0.4, 0.5) is 0 Å². The van der Waals surface area contributed by atoms with Gasteiger partial charge in [-0.1, -0.05) is 30.0 Å². The SMILES string of the molecule is CC(C)(C)S(=O)(=O)NCc1ccccc1C#CCN. The molecule has 0 radical (unpaired) electrons. The first-order chi connectivity index (χ1) is 8.78. The van der Waals surface area contributed by atoms with Gasteiger partial charge in [-0.15, -0.1) is 0 Å². The predicted octanol–water partition coefficient (Wildman–Crippen LogP) is 1.21. The van der Waals surface area contributed by atoms with Crippen molar-refractivity contribution in [2.24, 2.45) is 5.73 Å². The van der Waals surface area contributed by atoms with Crippen molar-refractivity contribution >= 4 is 10.0 Å². The lowest BCUT2D eigenvalue weighted by Crippen LogP contribution is -2.39. The molecule has 0 aliphatic carbocycles. The Bertz CT molecular complexity index is 590. The van der Waals surface area contributed by atoms with Crippen molar-refractivity contribution in [3.05, 3.63) is 35.4 Å². The van der Waals surface area contributed by atoms with Crippen LogP contribution in [0.25, 0.3) is 0 Å². The fourth-order valence-corrected chi connectivity index (χ4v) is 2.11. The third kappa shape index (κ3) is 4.35. The van der Waals surface area contributed by atoms with Gasteiger partial charge in [-0.05, 0) is 32.4 Å². The number of sulfonamides is 1. The van der Waals surface area contributed by atoms with Gasteiger partial charge in [-0.2, -0.15) is 0 Å². The van der Waals surface area contributed by atoms with E-state index in [1.165, 1.54) is 0 Å². The summed E-state index contributed by atoms with van der Waals surface area (Å²) in [6.45, 7) is 5.50. The minimum atomic E-state index is -3.36. The van der Waals surface area contributed by atoms with Crippen molar-refractivity contribution in [2.75, 3.05) is 6.54 Å². The number of benzene rings is 1. The van der Waals surface area contributed by atoms with Crippen LogP contribution in [-0.4, -0.2) is 19.7 Å². The lowest BCUT2D eigenvalue weighted by atomic mass is 10.1. The maximum atomic E-state index is 12.0. The number of hydrogen-bond acceptors (Lipinski definition) is 3. The molecule has 5 heteroatoms. The average Bonchev–Trinajstić information content (AvgIpc) is 2.33. The summed E-state index contributed by atoms with van der Waals surface area (Å²) in [6, 6.07) is 7.42. The van der Waals surface area contributed by atoms with Gasteiger partial charge in [0.25, 0.3) is 0 Å². The molecule has 0 aliphatic heterocycles. The lowest BCUT2D eigenvalue weighted by Gasteiger charge is -2.20. The molecule has 0 bridgehead atoms. The van der Waals surface area contributed by atoms with Gasteiger partial charge < -0.3 is 5.73 Å². The van der Waals surface area contributed by atoms with Gasteiger partial charge in [0.05, 0.1) is 11.3 Å². The van der Waals surface area contributed by atoms with Crippen molar-refractivity contribution in [2.45, 2.75) is 32.1 Å². The van der Waals surface area contributed by atoms with Crippen LogP contribution in [0.5, 0.6) is 0 Å². The van der Waals surface area contributed by atoms with Crippen LogP contribution in [-0.2, 0) is 16.6 Å². The van der Waals surface area contributed by atoms with E-state index >= 15 is 0 Å². The highest BCUT2D eigenvalue weighted by Crippen LogP contribution is 2.15. The van der Waals surface area contributed by atoms with Gasteiger partial charge in [0, 0.05) is 12.1 Å². The second-order valence-corrected chi connectivity index (χ2v) is 7.62. The molecular formula is C14H20N2O2S. The van der Waals surface area contributed by atoms with Gasteiger partial charge in [0.1, 0.15) is 0 Å². The first-order valence-corrected chi connectivity index (χ1v) is 7.52. The molecule has 0 atom stereocenters. The summed E-state index contributed by atoms with van der Waals surface area (Å²) in [4.78, 5) is 0. The molecule has 1 aromatic carbocycles. The average molecular weight is 280 g/mol. The van der Waals surface area contributed by atoms with Crippen molar-refractivity contribution in [1.29, 1.82) is 0 Å². The van der Waals surface area contributed by atoms with Crippen molar-refractivity contribution in [1.82, 2.24) is 4.72 Å². The Balaban J connectivity index is 2.91. The molecule has 0 unspecified atom stereocenters. The topological polar surface area (TPSA) is 72.2 Å². The molecule has 0 fully saturated rings. The summed E-state index contributed by atoms with van der Waals surface area (Å²) in [5.41, 5.74) is 6.98. The second kappa shape index (κ2) is 6.20. The summed E-state index contributed by atoms with van der Waals surface area (Å²) >= 11 is 0. The highest BCUT2D eigenvalue weighted by Gasteiger charge is 2.28. The first-order valence-electron chi connectivity index (χ1n) is 6.04. The molecule has 1 rings (SSSR count). The monoisotopic (exact) mass is 280 g/mol. The minimum absolute atomic E-state index is 0.231. The summed E-state index contributed by atoms with van der Waals surface area (Å²) in [7, 11) is -3.36. The van der Waals surface area contributed by atoms with E-state index in [9.17, 15) is 8.42 Å². The molecular weight excluding hydrogens is 260 g/mol. The van der Waals surface area contributed by atoms with Crippen LogP contribution in [0.15, 0.2) is 24.3 Å². The van der Waals surface area contributed by atoms with Crippen molar-refractivity contribution < 1.29 is 8.42 Å². The van der Waals surface area contributed by atoms with Gasteiger partial charge in [-0.25, -0.2) is 13.1 Å². The van der Waals surface area contributed by atoms with Crippen LogP contribution in [0.3, 0.4) is 0 Å². The number of nitrogens with two attached hydrogens (primary N) is 1. The van der Waals surface area contributed by atoms with Crippen molar-refractivity contribution in [3.8, 4) is 11.8 Å². The zero-order valence-corrected chi connectivity index (χ0v) is 12.3. The zero-order chi connectivity index (χ0) is 14.5. The van der Waals surface area contributed by atoms with E-state index < -0.39 is 14.8 Å². The molecule has 104 valence electrons. The summed E-state index contributed by atoms with van der Waals surface area (Å²) in [6.07, 6.45) is 0. The van der Waals surface area contributed by atoms with Gasteiger partial charge in [-0.3, -0.25) is 0 Å². The fourth-order valence-electron chi connectivity index (χ4n) is 1.33. The van der Waals surface area contributed by atoms with Crippen LogP contribution < -0.4 is 10.5 Å².